The normalized spacial score (nSPS) is 15.1. The number of sulfonamides is 1. The Hall–Kier alpha value is -3.29. The summed E-state index contributed by atoms with van der Waals surface area (Å²) < 4.78 is 44.2. The minimum atomic E-state index is -3.66. The minimum absolute atomic E-state index is 0.143. The molecule has 0 spiro atoms. The van der Waals surface area contributed by atoms with Gasteiger partial charge in [0.05, 0.1) is 18.3 Å². The number of oxazole rings is 1. The van der Waals surface area contributed by atoms with E-state index in [4.69, 9.17) is 13.6 Å². The molecule has 0 radical (unpaired) electrons. The molecule has 0 unspecified atom stereocenters. The summed E-state index contributed by atoms with van der Waals surface area (Å²) in [6.45, 7) is 4.91. The van der Waals surface area contributed by atoms with Gasteiger partial charge >= 0.3 is 0 Å². The Morgan fingerprint density at radius 3 is 2.39 bits per heavy atom. The van der Waals surface area contributed by atoms with Crippen molar-refractivity contribution in [2.45, 2.75) is 18.7 Å². The highest BCUT2D eigenvalue weighted by molar-refractivity contribution is 7.89. The molecule has 0 bridgehead atoms. The lowest BCUT2D eigenvalue weighted by Gasteiger charge is -2.33. The number of aryl methyl sites for hydroxylation is 2. The number of furan rings is 1. The van der Waals surface area contributed by atoms with Gasteiger partial charge in [-0.1, -0.05) is 0 Å². The van der Waals surface area contributed by atoms with Crippen molar-refractivity contribution in [2.24, 2.45) is 0 Å². The van der Waals surface area contributed by atoms with E-state index in [1.54, 1.807) is 31.4 Å². The summed E-state index contributed by atoms with van der Waals surface area (Å²) in [5.41, 5.74) is 1.68. The Labute approximate surface area is 180 Å². The van der Waals surface area contributed by atoms with Crippen molar-refractivity contribution in [1.82, 2.24) is 9.29 Å². The topological polar surface area (TPSA) is 113 Å². The first-order chi connectivity index (χ1) is 14.8. The first-order valence-electron chi connectivity index (χ1n) is 9.70. The highest BCUT2D eigenvalue weighted by atomic mass is 32.2. The van der Waals surface area contributed by atoms with Crippen LogP contribution >= 0.6 is 0 Å². The van der Waals surface area contributed by atoms with Crippen LogP contribution in [0.25, 0.3) is 11.7 Å². The van der Waals surface area contributed by atoms with E-state index in [1.807, 2.05) is 24.8 Å². The SMILES string of the molecule is COc1c(C)cc(S(=O)(=O)N2CCN(c3oc(-c4ccco4)nc3C#N)CC2)cc1C. The maximum absolute atomic E-state index is 13.2. The van der Waals surface area contributed by atoms with Crippen LogP contribution in [0.15, 0.2) is 44.3 Å². The van der Waals surface area contributed by atoms with Crippen molar-refractivity contribution in [3.8, 4) is 23.5 Å². The molecule has 0 saturated carbocycles. The highest BCUT2D eigenvalue weighted by Gasteiger charge is 2.32. The molecule has 1 aromatic carbocycles. The summed E-state index contributed by atoms with van der Waals surface area (Å²) in [6.07, 6.45) is 1.50. The molecule has 1 aliphatic heterocycles. The quantitative estimate of drug-likeness (QED) is 0.593. The third-order valence-corrected chi connectivity index (χ3v) is 7.13. The average molecular weight is 442 g/mol. The second-order valence-electron chi connectivity index (χ2n) is 7.24. The number of anilines is 1. The van der Waals surface area contributed by atoms with Gasteiger partial charge in [-0.25, -0.2) is 8.42 Å². The summed E-state index contributed by atoms with van der Waals surface area (Å²) in [5.74, 6) is 1.65. The van der Waals surface area contributed by atoms with E-state index >= 15 is 0 Å². The molecule has 10 heteroatoms. The molecule has 3 heterocycles. The number of hydrogen-bond acceptors (Lipinski definition) is 8. The zero-order chi connectivity index (χ0) is 22.2. The molecule has 1 fully saturated rings. The first kappa shape index (κ1) is 21.0. The molecule has 162 valence electrons. The second-order valence-corrected chi connectivity index (χ2v) is 9.18. The fourth-order valence-electron chi connectivity index (χ4n) is 3.77. The van der Waals surface area contributed by atoms with Crippen LogP contribution < -0.4 is 9.64 Å². The van der Waals surface area contributed by atoms with Crippen LogP contribution in [0.1, 0.15) is 16.8 Å². The van der Waals surface area contributed by atoms with Crippen molar-refractivity contribution in [2.75, 3.05) is 38.2 Å². The number of hydrogen-bond donors (Lipinski definition) is 0. The van der Waals surface area contributed by atoms with Gasteiger partial charge in [0, 0.05) is 26.2 Å². The van der Waals surface area contributed by atoms with Crippen LogP contribution in [-0.4, -0.2) is 51.0 Å². The van der Waals surface area contributed by atoms with E-state index in [9.17, 15) is 13.7 Å². The van der Waals surface area contributed by atoms with Gasteiger partial charge in [-0.15, -0.1) is 0 Å². The Kier molecular flexibility index (Phi) is 5.47. The van der Waals surface area contributed by atoms with Crippen molar-refractivity contribution in [3.05, 3.63) is 47.3 Å². The summed E-state index contributed by atoms with van der Waals surface area (Å²) >= 11 is 0. The smallest absolute Gasteiger partial charge is 0.266 e. The molecular formula is C21H22N4O5S. The Morgan fingerprint density at radius 1 is 1.16 bits per heavy atom. The number of ether oxygens (including phenoxy) is 1. The fraction of sp³-hybridized carbons (Fsp3) is 0.333. The standard InChI is InChI=1S/C21H22N4O5S/c1-14-11-16(12-15(2)19(14)28-3)31(26,27)25-8-6-24(7-9-25)21-17(13-22)23-20(30-21)18-5-4-10-29-18/h4-5,10-12H,6-9H2,1-3H3. The Morgan fingerprint density at radius 2 is 1.84 bits per heavy atom. The van der Waals surface area contributed by atoms with Crippen molar-refractivity contribution >= 4 is 15.9 Å². The number of piperazine rings is 1. The lowest BCUT2D eigenvalue weighted by molar-refractivity contribution is 0.373. The largest absolute Gasteiger partial charge is 0.496 e. The number of aromatic nitrogens is 1. The second kappa shape index (κ2) is 8.09. The van der Waals surface area contributed by atoms with Crippen LogP contribution in [0.4, 0.5) is 5.88 Å². The van der Waals surface area contributed by atoms with E-state index in [1.165, 1.54) is 10.6 Å². The summed E-state index contributed by atoms with van der Waals surface area (Å²) in [5, 5.41) is 9.44. The van der Waals surface area contributed by atoms with Gasteiger partial charge in [0.2, 0.25) is 21.6 Å². The number of rotatable bonds is 5. The average Bonchev–Trinajstić information content (AvgIpc) is 3.43. The molecule has 2 aromatic heterocycles. The van der Waals surface area contributed by atoms with Crippen LogP contribution in [0, 0.1) is 25.2 Å². The first-order valence-corrected chi connectivity index (χ1v) is 11.1. The lowest BCUT2D eigenvalue weighted by atomic mass is 10.1. The monoisotopic (exact) mass is 442 g/mol. The number of nitrogens with zero attached hydrogens (tertiary/aromatic N) is 4. The van der Waals surface area contributed by atoms with Gasteiger partial charge in [0.15, 0.2) is 5.76 Å². The van der Waals surface area contributed by atoms with E-state index in [0.29, 0.717) is 30.5 Å². The molecule has 1 saturated heterocycles. The van der Waals surface area contributed by atoms with Crippen molar-refractivity contribution < 1.29 is 22.0 Å². The van der Waals surface area contributed by atoms with E-state index in [-0.39, 0.29) is 29.6 Å². The molecule has 1 aliphatic rings. The van der Waals surface area contributed by atoms with E-state index < -0.39 is 10.0 Å². The summed E-state index contributed by atoms with van der Waals surface area (Å²) in [7, 11) is -2.09. The maximum atomic E-state index is 13.2. The van der Waals surface area contributed by atoms with E-state index in [2.05, 4.69) is 4.98 Å². The third kappa shape index (κ3) is 3.78. The lowest BCUT2D eigenvalue weighted by Crippen LogP contribution is -2.48. The molecule has 31 heavy (non-hydrogen) atoms. The predicted octanol–water partition coefficient (Wildman–Crippen LogP) is 2.94. The van der Waals surface area contributed by atoms with Crippen LogP contribution in [-0.2, 0) is 10.0 Å². The van der Waals surface area contributed by atoms with E-state index in [0.717, 1.165) is 11.1 Å². The van der Waals surface area contributed by atoms with Crippen molar-refractivity contribution in [1.29, 1.82) is 5.26 Å². The zero-order valence-electron chi connectivity index (χ0n) is 17.5. The van der Waals surface area contributed by atoms with Gasteiger partial charge in [0.25, 0.3) is 5.89 Å². The molecule has 0 N–H and O–H groups in total. The predicted molar refractivity (Wildman–Crippen MR) is 112 cm³/mol. The molecule has 9 nitrogen and oxygen atoms in total. The van der Waals surface area contributed by atoms with Gasteiger partial charge < -0.3 is 18.5 Å². The third-order valence-electron chi connectivity index (χ3n) is 5.25. The van der Waals surface area contributed by atoms with Gasteiger partial charge in [-0.2, -0.15) is 14.6 Å². The molecule has 3 aromatic rings. The van der Waals surface area contributed by atoms with Crippen LogP contribution in [0.5, 0.6) is 5.75 Å². The molecule has 0 aliphatic carbocycles. The van der Waals surface area contributed by atoms with Gasteiger partial charge in [-0.05, 0) is 49.2 Å². The van der Waals surface area contributed by atoms with Gasteiger partial charge in [0.1, 0.15) is 11.8 Å². The maximum Gasteiger partial charge on any atom is 0.266 e. The number of benzene rings is 1. The number of nitriles is 1. The minimum Gasteiger partial charge on any atom is -0.496 e. The zero-order valence-corrected chi connectivity index (χ0v) is 18.3. The summed E-state index contributed by atoms with van der Waals surface area (Å²) in [4.78, 5) is 6.26. The Balaban J connectivity index is 1.53. The molecule has 0 amide bonds. The van der Waals surface area contributed by atoms with Crippen molar-refractivity contribution in [3.63, 3.8) is 0 Å². The number of methoxy groups -OCH3 is 1. The fourth-order valence-corrected chi connectivity index (χ4v) is 5.36. The van der Waals surface area contributed by atoms with Crippen LogP contribution in [0.3, 0.4) is 0 Å². The molecular weight excluding hydrogens is 420 g/mol. The summed E-state index contributed by atoms with van der Waals surface area (Å²) in [6, 6.07) is 8.70. The van der Waals surface area contributed by atoms with Gasteiger partial charge in [-0.3, -0.25) is 0 Å². The molecule has 4 rings (SSSR count). The Bertz CT molecular complexity index is 1210. The molecule has 0 atom stereocenters. The highest BCUT2D eigenvalue weighted by Crippen LogP contribution is 2.31. The van der Waals surface area contributed by atoms with Crippen LogP contribution in [0.2, 0.25) is 0 Å².